The van der Waals surface area contributed by atoms with Crippen LogP contribution in [0.3, 0.4) is 0 Å². The summed E-state index contributed by atoms with van der Waals surface area (Å²) in [5.74, 6) is 0.0367. The van der Waals surface area contributed by atoms with Crippen LogP contribution in [-0.2, 0) is 0 Å². The van der Waals surface area contributed by atoms with Gasteiger partial charge in [-0.3, -0.25) is 14.3 Å². The van der Waals surface area contributed by atoms with Crippen molar-refractivity contribution >= 4 is 22.3 Å². The molecule has 2 heterocycles. The Bertz CT molecular complexity index is 1290. The molecule has 0 fully saturated rings. The summed E-state index contributed by atoms with van der Waals surface area (Å²) in [4.78, 5) is 17.4. The van der Waals surface area contributed by atoms with Crippen LogP contribution in [0.25, 0.3) is 16.5 Å². The zero-order chi connectivity index (χ0) is 19.7. The molecule has 0 amide bonds. The maximum Gasteiger partial charge on any atom is 0.264 e. The molecule has 0 spiro atoms. The van der Waals surface area contributed by atoms with Crippen LogP contribution in [0.15, 0.2) is 71.8 Å². The van der Waals surface area contributed by atoms with E-state index in [4.69, 9.17) is 0 Å². The van der Waals surface area contributed by atoms with E-state index in [2.05, 4.69) is 10.3 Å². The van der Waals surface area contributed by atoms with Crippen molar-refractivity contribution in [1.82, 2.24) is 9.55 Å². The molecule has 0 saturated heterocycles. The molecule has 0 saturated carbocycles. The van der Waals surface area contributed by atoms with Gasteiger partial charge in [-0.2, -0.15) is 5.26 Å². The molecule has 28 heavy (non-hydrogen) atoms. The molecule has 0 unspecified atom stereocenters. The summed E-state index contributed by atoms with van der Waals surface area (Å²) in [6.45, 7) is 1.81. The Labute approximate surface area is 160 Å². The van der Waals surface area contributed by atoms with Crippen LogP contribution >= 0.6 is 0 Å². The van der Waals surface area contributed by atoms with E-state index in [1.54, 1.807) is 48.8 Å². The Kier molecular flexibility index (Phi) is 4.34. The van der Waals surface area contributed by atoms with Gasteiger partial charge < -0.3 is 5.32 Å². The number of nitrogens with zero attached hydrogens (tertiary/aromatic N) is 3. The quantitative estimate of drug-likeness (QED) is 0.578. The second-order valence-corrected chi connectivity index (χ2v) is 6.38. The number of aryl methyl sites for hydroxylation is 1. The van der Waals surface area contributed by atoms with Crippen LogP contribution in [0.5, 0.6) is 0 Å². The van der Waals surface area contributed by atoms with E-state index in [-0.39, 0.29) is 5.56 Å². The van der Waals surface area contributed by atoms with Crippen LogP contribution < -0.4 is 10.9 Å². The molecule has 2 aromatic carbocycles. The summed E-state index contributed by atoms with van der Waals surface area (Å²) >= 11 is 0. The SMILES string of the molecule is Cc1ccc(F)cc1-n1c(Nc2cccnc2)cc2ccc(C#N)cc2c1=O. The number of nitrogens with one attached hydrogen (secondary N) is 1. The lowest BCUT2D eigenvalue weighted by Crippen LogP contribution is -2.22. The molecule has 0 bridgehead atoms. The van der Waals surface area contributed by atoms with E-state index >= 15 is 0 Å². The van der Waals surface area contributed by atoms with Gasteiger partial charge in [-0.15, -0.1) is 0 Å². The Morgan fingerprint density at radius 1 is 1.14 bits per heavy atom. The molecule has 2 aromatic heterocycles. The number of halogens is 1. The Morgan fingerprint density at radius 3 is 2.75 bits per heavy atom. The van der Waals surface area contributed by atoms with E-state index in [0.29, 0.717) is 33.5 Å². The van der Waals surface area contributed by atoms with Crippen molar-refractivity contribution in [3.8, 4) is 11.8 Å². The second kappa shape index (κ2) is 6.97. The summed E-state index contributed by atoms with van der Waals surface area (Å²) in [6.07, 6.45) is 3.29. The van der Waals surface area contributed by atoms with Gasteiger partial charge in [0.25, 0.3) is 5.56 Å². The van der Waals surface area contributed by atoms with Gasteiger partial charge in [-0.1, -0.05) is 12.1 Å². The van der Waals surface area contributed by atoms with Crippen LogP contribution in [-0.4, -0.2) is 9.55 Å². The lowest BCUT2D eigenvalue weighted by atomic mass is 10.1. The van der Waals surface area contributed by atoms with Crippen LogP contribution in [0, 0.1) is 24.1 Å². The number of hydrogen-bond donors (Lipinski definition) is 1. The number of rotatable bonds is 3. The van der Waals surface area contributed by atoms with Gasteiger partial charge in [-0.05, 0) is 60.3 Å². The Hall–Kier alpha value is -3.98. The minimum atomic E-state index is -0.439. The largest absolute Gasteiger partial charge is 0.340 e. The highest BCUT2D eigenvalue weighted by Gasteiger charge is 2.14. The normalized spacial score (nSPS) is 10.6. The number of anilines is 2. The van der Waals surface area contributed by atoms with Gasteiger partial charge in [0.15, 0.2) is 0 Å². The topological polar surface area (TPSA) is 70.7 Å². The van der Waals surface area contributed by atoms with Crippen molar-refractivity contribution in [3.63, 3.8) is 0 Å². The standard InChI is InChI=1S/C22H15FN4O/c1-14-4-7-17(23)11-20(14)27-21(26-18-3-2-8-25-13-18)10-16-6-5-15(12-24)9-19(16)22(27)28/h2-11,13,26H,1H3. The van der Waals surface area contributed by atoms with Crippen molar-refractivity contribution in [2.45, 2.75) is 6.92 Å². The lowest BCUT2D eigenvalue weighted by molar-refractivity contribution is 0.626. The zero-order valence-corrected chi connectivity index (χ0v) is 15.0. The summed E-state index contributed by atoms with van der Waals surface area (Å²) in [5, 5.41) is 13.4. The number of pyridine rings is 2. The Morgan fingerprint density at radius 2 is 2.00 bits per heavy atom. The number of aromatic nitrogens is 2. The molecule has 4 aromatic rings. The van der Waals surface area contributed by atoms with Gasteiger partial charge >= 0.3 is 0 Å². The number of hydrogen-bond acceptors (Lipinski definition) is 4. The van der Waals surface area contributed by atoms with Crippen LogP contribution in [0.4, 0.5) is 15.9 Å². The summed E-state index contributed by atoms with van der Waals surface area (Å²) < 4.78 is 15.4. The smallest absolute Gasteiger partial charge is 0.264 e. The van der Waals surface area contributed by atoms with E-state index < -0.39 is 5.82 Å². The van der Waals surface area contributed by atoms with E-state index in [1.807, 2.05) is 19.1 Å². The van der Waals surface area contributed by atoms with Crippen molar-refractivity contribution in [2.24, 2.45) is 0 Å². The molecule has 0 aliphatic heterocycles. The van der Waals surface area contributed by atoms with Gasteiger partial charge in [0, 0.05) is 11.6 Å². The van der Waals surface area contributed by atoms with Crippen LogP contribution in [0.1, 0.15) is 11.1 Å². The molecular weight excluding hydrogens is 355 g/mol. The third kappa shape index (κ3) is 3.10. The van der Waals surface area contributed by atoms with Gasteiger partial charge in [0.1, 0.15) is 11.6 Å². The minimum absolute atomic E-state index is 0.338. The van der Waals surface area contributed by atoms with Gasteiger partial charge in [0.05, 0.1) is 29.2 Å². The maximum atomic E-state index is 14.0. The third-order valence-electron chi connectivity index (χ3n) is 4.50. The van der Waals surface area contributed by atoms with E-state index in [0.717, 1.165) is 5.56 Å². The summed E-state index contributed by atoms with van der Waals surface area (Å²) in [7, 11) is 0. The third-order valence-corrected chi connectivity index (χ3v) is 4.50. The van der Waals surface area contributed by atoms with Gasteiger partial charge in [0.2, 0.25) is 0 Å². The molecule has 0 aliphatic rings. The molecule has 0 atom stereocenters. The van der Waals surface area contributed by atoms with Crippen molar-refractivity contribution in [1.29, 1.82) is 5.26 Å². The summed E-state index contributed by atoms with van der Waals surface area (Å²) in [6, 6.07) is 16.7. The van der Waals surface area contributed by atoms with Crippen molar-refractivity contribution < 1.29 is 4.39 Å². The predicted molar refractivity (Wildman–Crippen MR) is 106 cm³/mol. The highest BCUT2D eigenvalue weighted by atomic mass is 19.1. The molecule has 4 rings (SSSR count). The first-order valence-corrected chi connectivity index (χ1v) is 8.60. The highest BCUT2D eigenvalue weighted by molar-refractivity contribution is 5.86. The molecule has 5 nitrogen and oxygen atoms in total. The average molecular weight is 370 g/mol. The summed E-state index contributed by atoms with van der Waals surface area (Å²) in [5.41, 5.74) is 1.92. The first-order chi connectivity index (χ1) is 13.6. The zero-order valence-electron chi connectivity index (χ0n) is 15.0. The highest BCUT2D eigenvalue weighted by Crippen LogP contribution is 2.25. The molecular formula is C22H15FN4O. The number of benzene rings is 2. The van der Waals surface area contributed by atoms with Crippen molar-refractivity contribution in [3.05, 3.63) is 94.3 Å². The van der Waals surface area contributed by atoms with Crippen molar-refractivity contribution in [2.75, 3.05) is 5.32 Å². The second-order valence-electron chi connectivity index (χ2n) is 6.38. The molecule has 1 N–H and O–H groups in total. The fourth-order valence-electron chi connectivity index (χ4n) is 3.12. The average Bonchev–Trinajstić information content (AvgIpc) is 2.71. The first-order valence-electron chi connectivity index (χ1n) is 8.60. The van der Waals surface area contributed by atoms with E-state index in [9.17, 15) is 14.4 Å². The Balaban J connectivity index is 2.05. The van der Waals surface area contributed by atoms with Gasteiger partial charge in [-0.25, -0.2) is 4.39 Å². The van der Waals surface area contributed by atoms with E-state index in [1.165, 1.54) is 16.7 Å². The number of fused-ring (bicyclic) bond motifs is 1. The molecule has 6 heteroatoms. The molecule has 0 aliphatic carbocycles. The molecule has 136 valence electrons. The fourth-order valence-corrected chi connectivity index (χ4v) is 3.12. The molecule has 0 radical (unpaired) electrons. The predicted octanol–water partition coefficient (Wildman–Crippen LogP) is 4.45. The minimum Gasteiger partial charge on any atom is -0.340 e. The fraction of sp³-hybridized carbons (Fsp3) is 0.0455. The monoisotopic (exact) mass is 370 g/mol. The lowest BCUT2D eigenvalue weighted by Gasteiger charge is -2.18. The number of nitriles is 1. The van der Waals surface area contributed by atoms with Crippen LogP contribution in [0.2, 0.25) is 0 Å². The maximum absolute atomic E-state index is 14.0. The first kappa shape index (κ1) is 17.4.